The van der Waals surface area contributed by atoms with Crippen LogP contribution in [-0.4, -0.2) is 39.1 Å². The van der Waals surface area contributed by atoms with Crippen molar-refractivity contribution in [2.45, 2.75) is 38.9 Å². The predicted octanol–water partition coefficient (Wildman–Crippen LogP) is 2.32. The van der Waals surface area contributed by atoms with Crippen LogP contribution < -0.4 is 0 Å². The van der Waals surface area contributed by atoms with E-state index in [1.807, 2.05) is 0 Å². The van der Waals surface area contributed by atoms with Crippen LogP contribution in [0.4, 0.5) is 0 Å². The van der Waals surface area contributed by atoms with Gasteiger partial charge >= 0.3 is 0 Å². The fraction of sp³-hybridized carbons (Fsp3) is 1.00. The van der Waals surface area contributed by atoms with E-state index >= 15 is 0 Å². The molecule has 1 aliphatic rings. The average Bonchev–Trinajstić information content (AvgIpc) is 2.23. The minimum Gasteiger partial charge on any atom is -0.379 e. The highest BCUT2D eigenvalue weighted by molar-refractivity contribution is 6.77. The second kappa shape index (κ2) is 5.13. The molecule has 0 spiro atoms. The van der Waals surface area contributed by atoms with Crippen LogP contribution in [0.15, 0.2) is 0 Å². The number of rotatable bonds is 4. The molecule has 1 aliphatic heterocycles. The van der Waals surface area contributed by atoms with Crippen molar-refractivity contribution in [2.24, 2.45) is 0 Å². The molecule has 0 unspecified atom stereocenters. The largest absolute Gasteiger partial charge is 0.379 e. The first kappa shape index (κ1) is 11.2. The molecule has 0 aromatic rings. The SMILES string of the molecule is CC[Si](CC)(CC)N1CCOCC1. The monoisotopic (exact) mass is 201 g/mol. The van der Waals surface area contributed by atoms with Crippen LogP contribution in [0.5, 0.6) is 0 Å². The van der Waals surface area contributed by atoms with Crippen LogP contribution in [0.3, 0.4) is 0 Å². The van der Waals surface area contributed by atoms with Crippen molar-refractivity contribution in [1.29, 1.82) is 0 Å². The van der Waals surface area contributed by atoms with Gasteiger partial charge < -0.3 is 9.30 Å². The molecule has 0 N–H and O–H groups in total. The van der Waals surface area contributed by atoms with E-state index in [1.54, 1.807) is 0 Å². The van der Waals surface area contributed by atoms with Gasteiger partial charge in [0.2, 0.25) is 0 Å². The molecule has 13 heavy (non-hydrogen) atoms. The van der Waals surface area contributed by atoms with Crippen LogP contribution >= 0.6 is 0 Å². The molecule has 78 valence electrons. The summed E-state index contributed by atoms with van der Waals surface area (Å²) >= 11 is 0. The zero-order valence-corrected chi connectivity index (χ0v) is 10.3. The molecule has 0 aromatic carbocycles. The highest BCUT2D eigenvalue weighted by Gasteiger charge is 2.34. The zero-order valence-electron chi connectivity index (χ0n) is 9.31. The first-order valence-corrected chi connectivity index (χ1v) is 8.18. The van der Waals surface area contributed by atoms with E-state index in [1.165, 1.54) is 31.2 Å². The molecule has 1 saturated heterocycles. The van der Waals surface area contributed by atoms with Gasteiger partial charge in [-0.2, -0.15) is 0 Å². The Balaban J connectivity index is 2.60. The molecule has 0 saturated carbocycles. The van der Waals surface area contributed by atoms with Crippen molar-refractivity contribution in [1.82, 2.24) is 4.57 Å². The van der Waals surface area contributed by atoms with Crippen LogP contribution in [-0.2, 0) is 4.74 Å². The maximum atomic E-state index is 5.41. The molecule has 1 fully saturated rings. The standard InChI is InChI=1S/C10H23NOSi/c1-4-13(5-2,6-3)11-7-9-12-10-8-11/h4-10H2,1-3H3. The van der Waals surface area contributed by atoms with Gasteiger partial charge in [-0.3, -0.25) is 0 Å². The lowest BCUT2D eigenvalue weighted by Gasteiger charge is -2.42. The van der Waals surface area contributed by atoms with Crippen molar-refractivity contribution in [2.75, 3.05) is 26.3 Å². The van der Waals surface area contributed by atoms with Gasteiger partial charge in [-0.25, -0.2) is 0 Å². The number of morpholine rings is 1. The van der Waals surface area contributed by atoms with Crippen LogP contribution in [0.2, 0.25) is 18.1 Å². The van der Waals surface area contributed by atoms with Crippen molar-refractivity contribution >= 4 is 8.24 Å². The predicted molar refractivity (Wildman–Crippen MR) is 59.6 cm³/mol. The van der Waals surface area contributed by atoms with Gasteiger partial charge in [0.1, 0.15) is 8.24 Å². The number of ether oxygens (including phenoxy) is 1. The molecule has 0 radical (unpaired) electrons. The maximum Gasteiger partial charge on any atom is 0.127 e. The first-order valence-electron chi connectivity index (χ1n) is 5.62. The number of hydrogen-bond donors (Lipinski definition) is 0. The molecule has 1 rings (SSSR count). The molecule has 1 heterocycles. The summed E-state index contributed by atoms with van der Waals surface area (Å²) in [7, 11) is -1.06. The molecule has 0 aromatic heterocycles. The number of nitrogens with zero attached hydrogens (tertiary/aromatic N) is 1. The summed E-state index contributed by atoms with van der Waals surface area (Å²) in [5.41, 5.74) is 0. The molecule has 0 atom stereocenters. The van der Waals surface area contributed by atoms with Gasteiger partial charge in [-0.05, 0) is 18.1 Å². The van der Waals surface area contributed by atoms with E-state index in [-0.39, 0.29) is 0 Å². The van der Waals surface area contributed by atoms with E-state index in [2.05, 4.69) is 25.3 Å². The van der Waals surface area contributed by atoms with Gasteiger partial charge in [-0.1, -0.05) is 20.8 Å². The quantitative estimate of drug-likeness (QED) is 0.647. The van der Waals surface area contributed by atoms with Crippen molar-refractivity contribution in [3.8, 4) is 0 Å². The first-order chi connectivity index (χ1) is 6.29. The fourth-order valence-electron chi connectivity index (χ4n) is 2.46. The van der Waals surface area contributed by atoms with E-state index in [0.717, 1.165) is 13.2 Å². The lowest BCUT2D eigenvalue weighted by Crippen LogP contribution is -2.56. The Morgan fingerprint density at radius 1 is 1.00 bits per heavy atom. The lowest BCUT2D eigenvalue weighted by atomic mass is 10.5. The third-order valence-corrected chi connectivity index (χ3v) is 9.39. The van der Waals surface area contributed by atoms with Gasteiger partial charge in [-0.15, -0.1) is 0 Å². The topological polar surface area (TPSA) is 12.5 Å². The Morgan fingerprint density at radius 3 is 1.85 bits per heavy atom. The van der Waals surface area contributed by atoms with Gasteiger partial charge in [0.15, 0.2) is 0 Å². The molecule has 3 heteroatoms. The minimum absolute atomic E-state index is 0.953. The molecular weight excluding hydrogens is 178 g/mol. The molecule has 0 bridgehead atoms. The van der Waals surface area contributed by atoms with Crippen molar-refractivity contribution in [3.05, 3.63) is 0 Å². The maximum absolute atomic E-state index is 5.41. The summed E-state index contributed by atoms with van der Waals surface area (Å²) in [4.78, 5) is 0. The van der Waals surface area contributed by atoms with E-state index in [9.17, 15) is 0 Å². The Kier molecular flexibility index (Phi) is 4.42. The third kappa shape index (κ3) is 2.33. The normalized spacial score (nSPS) is 20.5. The summed E-state index contributed by atoms with van der Waals surface area (Å²) < 4.78 is 8.17. The summed E-state index contributed by atoms with van der Waals surface area (Å²) in [6, 6.07) is 4.21. The van der Waals surface area contributed by atoms with E-state index < -0.39 is 8.24 Å². The Bertz CT molecular complexity index is 134. The zero-order chi connectivity index (χ0) is 9.73. The second-order valence-corrected chi connectivity index (χ2v) is 9.09. The summed E-state index contributed by atoms with van der Waals surface area (Å²) in [5.74, 6) is 0. The van der Waals surface area contributed by atoms with Crippen molar-refractivity contribution < 1.29 is 4.74 Å². The van der Waals surface area contributed by atoms with E-state index in [4.69, 9.17) is 4.74 Å². The molecular formula is C10H23NOSi. The van der Waals surface area contributed by atoms with Gasteiger partial charge in [0.05, 0.1) is 13.2 Å². The molecule has 0 amide bonds. The Hall–Kier alpha value is 0.137. The van der Waals surface area contributed by atoms with Crippen LogP contribution in [0, 0.1) is 0 Å². The van der Waals surface area contributed by atoms with E-state index in [0.29, 0.717) is 0 Å². The summed E-state index contributed by atoms with van der Waals surface area (Å²) in [5, 5.41) is 0. The van der Waals surface area contributed by atoms with Crippen LogP contribution in [0.1, 0.15) is 20.8 Å². The molecule has 0 aliphatic carbocycles. The summed E-state index contributed by atoms with van der Waals surface area (Å²) in [6.45, 7) is 11.4. The van der Waals surface area contributed by atoms with Gasteiger partial charge in [0.25, 0.3) is 0 Å². The Labute approximate surface area is 83.4 Å². The highest BCUT2D eigenvalue weighted by Crippen LogP contribution is 2.25. The Morgan fingerprint density at radius 2 is 1.46 bits per heavy atom. The number of hydrogen-bond acceptors (Lipinski definition) is 2. The van der Waals surface area contributed by atoms with Gasteiger partial charge in [0, 0.05) is 13.1 Å². The second-order valence-electron chi connectivity index (χ2n) is 3.88. The smallest absolute Gasteiger partial charge is 0.127 e. The minimum atomic E-state index is -1.06. The highest BCUT2D eigenvalue weighted by atomic mass is 28.3. The molecule has 2 nitrogen and oxygen atoms in total. The lowest BCUT2D eigenvalue weighted by molar-refractivity contribution is 0.0681. The van der Waals surface area contributed by atoms with Crippen molar-refractivity contribution in [3.63, 3.8) is 0 Å². The fourth-order valence-corrected chi connectivity index (χ4v) is 6.43. The average molecular weight is 201 g/mol. The summed E-state index contributed by atoms with van der Waals surface area (Å²) in [6.07, 6.45) is 0. The van der Waals surface area contributed by atoms with Crippen LogP contribution in [0.25, 0.3) is 0 Å². The third-order valence-electron chi connectivity index (χ3n) is 3.66.